The molecule has 0 amide bonds. The van der Waals surface area contributed by atoms with Gasteiger partial charge in [0, 0.05) is 5.56 Å². The molecular weight excluding hydrogens is 260 g/mol. The number of benzene rings is 2. The predicted molar refractivity (Wildman–Crippen MR) is 84.8 cm³/mol. The van der Waals surface area contributed by atoms with Gasteiger partial charge in [0.15, 0.2) is 0 Å². The van der Waals surface area contributed by atoms with E-state index in [0.717, 1.165) is 35.3 Å². The predicted octanol–water partition coefficient (Wildman–Crippen LogP) is 4.14. The maximum absolute atomic E-state index is 11.5. The first-order chi connectivity index (χ1) is 10.1. The molecule has 2 aromatic carbocycles. The zero-order chi connectivity index (χ0) is 15.0. The molecular formula is C19H22O2. The van der Waals surface area contributed by atoms with E-state index in [9.17, 15) is 5.11 Å². The van der Waals surface area contributed by atoms with E-state index >= 15 is 0 Å². The second-order valence-electron chi connectivity index (χ2n) is 6.09. The molecule has 0 saturated heterocycles. The SMILES string of the molecule is COc1ccc(C)cc1C1(O)CCC(C)c2ccccc21. The van der Waals surface area contributed by atoms with E-state index in [4.69, 9.17) is 4.74 Å². The third-order valence-electron chi connectivity index (χ3n) is 4.68. The van der Waals surface area contributed by atoms with Crippen LogP contribution in [0.2, 0.25) is 0 Å². The monoisotopic (exact) mass is 282 g/mol. The molecule has 3 rings (SSSR count). The first-order valence-electron chi connectivity index (χ1n) is 7.53. The van der Waals surface area contributed by atoms with Crippen LogP contribution in [0.25, 0.3) is 0 Å². The molecule has 1 aliphatic carbocycles. The number of fused-ring (bicyclic) bond motifs is 1. The minimum atomic E-state index is -0.958. The molecule has 1 N–H and O–H groups in total. The maximum Gasteiger partial charge on any atom is 0.125 e. The van der Waals surface area contributed by atoms with E-state index in [0.29, 0.717) is 5.92 Å². The summed E-state index contributed by atoms with van der Waals surface area (Å²) in [5, 5.41) is 11.5. The molecule has 2 nitrogen and oxygen atoms in total. The van der Waals surface area contributed by atoms with Gasteiger partial charge in [-0.15, -0.1) is 0 Å². The average Bonchev–Trinajstić information content (AvgIpc) is 2.51. The Morgan fingerprint density at radius 2 is 1.90 bits per heavy atom. The quantitative estimate of drug-likeness (QED) is 0.897. The highest BCUT2D eigenvalue weighted by Gasteiger charge is 2.40. The zero-order valence-electron chi connectivity index (χ0n) is 12.9. The van der Waals surface area contributed by atoms with Crippen molar-refractivity contribution < 1.29 is 9.84 Å². The smallest absolute Gasteiger partial charge is 0.125 e. The molecule has 0 fully saturated rings. The lowest BCUT2D eigenvalue weighted by molar-refractivity contribution is 0.0553. The summed E-state index contributed by atoms with van der Waals surface area (Å²) in [7, 11) is 1.66. The van der Waals surface area contributed by atoms with Gasteiger partial charge in [0.1, 0.15) is 11.4 Å². The highest BCUT2D eigenvalue weighted by molar-refractivity contribution is 5.50. The summed E-state index contributed by atoms with van der Waals surface area (Å²) in [4.78, 5) is 0. The van der Waals surface area contributed by atoms with Crippen LogP contribution in [0.4, 0.5) is 0 Å². The van der Waals surface area contributed by atoms with Crippen LogP contribution in [-0.4, -0.2) is 12.2 Å². The van der Waals surface area contributed by atoms with Gasteiger partial charge >= 0.3 is 0 Å². The van der Waals surface area contributed by atoms with Crippen molar-refractivity contribution in [3.63, 3.8) is 0 Å². The van der Waals surface area contributed by atoms with Gasteiger partial charge < -0.3 is 9.84 Å². The van der Waals surface area contributed by atoms with Gasteiger partial charge in [0.05, 0.1) is 7.11 Å². The molecule has 0 aliphatic heterocycles. The molecule has 110 valence electrons. The van der Waals surface area contributed by atoms with Crippen LogP contribution in [0.3, 0.4) is 0 Å². The van der Waals surface area contributed by atoms with Crippen LogP contribution in [0.5, 0.6) is 5.75 Å². The molecule has 2 heteroatoms. The number of hydrogen-bond acceptors (Lipinski definition) is 2. The van der Waals surface area contributed by atoms with Crippen LogP contribution < -0.4 is 4.74 Å². The molecule has 1 aliphatic rings. The number of aryl methyl sites for hydroxylation is 1. The Bertz CT molecular complexity index is 662. The number of aliphatic hydroxyl groups is 1. The molecule has 0 heterocycles. The van der Waals surface area contributed by atoms with Crippen molar-refractivity contribution in [3.05, 3.63) is 64.7 Å². The molecule has 0 aromatic heterocycles. The van der Waals surface area contributed by atoms with Gasteiger partial charge in [-0.05, 0) is 48.9 Å². The maximum atomic E-state index is 11.5. The molecule has 0 saturated carbocycles. The van der Waals surface area contributed by atoms with Crippen LogP contribution in [-0.2, 0) is 5.60 Å². The number of methoxy groups -OCH3 is 1. The summed E-state index contributed by atoms with van der Waals surface area (Å²) in [5.74, 6) is 1.24. The summed E-state index contributed by atoms with van der Waals surface area (Å²) in [6, 6.07) is 14.2. The lowest BCUT2D eigenvalue weighted by Crippen LogP contribution is -2.33. The van der Waals surface area contributed by atoms with Crippen molar-refractivity contribution in [1.29, 1.82) is 0 Å². The number of hydrogen-bond donors (Lipinski definition) is 1. The summed E-state index contributed by atoms with van der Waals surface area (Å²) in [6.07, 6.45) is 1.70. The topological polar surface area (TPSA) is 29.5 Å². The van der Waals surface area contributed by atoms with Crippen LogP contribution in [0, 0.1) is 6.92 Å². The van der Waals surface area contributed by atoms with Gasteiger partial charge in [-0.25, -0.2) is 0 Å². The molecule has 2 unspecified atom stereocenters. The molecule has 0 spiro atoms. The third-order valence-corrected chi connectivity index (χ3v) is 4.68. The number of ether oxygens (including phenoxy) is 1. The summed E-state index contributed by atoms with van der Waals surface area (Å²) < 4.78 is 5.50. The first kappa shape index (κ1) is 14.2. The van der Waals surface area contributed by atoms with Crippen LogP contribution in [0.1, 0.15) is 47.9 Å². The van der Waals surface area contributed by atoms with E-state index in [-0.39, 0.29) is 0 Å². The lowest BCUT2D eigenvalue weighted by Gasteiger charge is -2.38. The Hall–Kier alpha value is -1.80. The van der Waals surface area contributed by atoms with E-state index in [2.05, 4.69) is 19.1 Å². The Balaban J connectivity index is 2.22. The average molecular weight is 282 g/mol. The van der Waals surface area contributed by atoms with Gasteiger partial charge in [0.2, 0.25) is 0 Å². The first-order valence-corrected chi connectivity index (χ1v) is 7.53. The summed E-state index contributed by atoms with van der Waals surface area (Å²) in [6.45, 7) is 4.27. The van der Waals surface area contributed by atoms with Crippen molar-refractivity contribution >= 4 is 0 Å². The third kappa shape index (κ3) is 2.24. The highest BCUT2D eigenvalue weighted by atomic mass is 16.5. The summed E-state index contributed by atoms with van der Waals surface area (Å²) in [5.41, 5.74) is 3.32. The second-order valence-corrected chi connectivity index (χ2v) is 6.09. The molecule has 21 heavy (non-hydrogen) atoms. The molecule has 0 radical (unpaired) electrons. The number of rotatable bonds is 2. The fourth-order valence-electron chi connectivity index (χ4n) is 3.44. The fourth-order valence-corrected chi connectivity index (χ4v) is 3.44. The van der Waals surface area contributed by atoms with E-state index in [1.165, 1.54) is 5.56 Å². The van der Waals surface area contributed by atoms with Crippen molar-refractivity contribution in [3.8, 4) is 5.75 Å². The minimum Gasteiger partial charge on any atom is -0.496 e. The minimum absolute atomic E-state index is 0.484. The zero-order valence-corrected chi connectivity index (χ0v) is 12.9. The molecule has 2 aromatic rings. The van der Waals surface area contributed by atoms with Crippen LogP contribution in [0.15, 0.2) is 42.5 Å². The van der Waals surface area contributed by atoms with Gasteiger partial charge in [-0.2, -0.15) is 0 Å². The molecule has 2 atom stereocenters. The van der Waals surface area contributed by atoms with E-state index < -0.39 is 5.60 Å². The van der Waals surface area contributed by atoms with Crippen molar-refractivity contribution in [2.24, 2.45) is 0 Å². The lowest BCUT2D eigenvalue weighted by atomic mass is 9.71. The van der Waals surface area contributed by atoms with Gasteiger partial charge in [0.25, 0.3) is 0 Å². The Kier molecular flexibility index (Phi) is 3.50. The Morgan fingerprint density at radius 3 is 2.67 bits per heavy atom. The summed E-state index contributed by atoms with van der Waals surface area (Å²) >= 11 is 0. The fraction of sp³-hybridized carbons (Fsp3) is 0.368. The molecule has 0 bridgehead atoms. The highest BCUT2D eigenvalue weighted by Crippen LogP contribution is 2.47. The Labute approximate surface area is 126 Å². The van der Waals surface area contributed by atoms with Crippen LogP contribution >= 0.6 is 0 Å². The van der Waals surface area contributed by atoms with Gasteiger partial charge in [-0.1, -0.05) is 42.8 Å². The van der Waals surface area contributed by atoms with Crippen molar-refractivity contribution in [2.75, 3.05) is 7.11 Å². The van der Waals surface area contributed by atoms with Gasteiger partial charge in [-0.3, -0.25) is 0 Å². The Morgan fingerprint density at radius 1 is 1.14 bits per heavy atom. The second kappa shape index (κ2) is 5.19. The standard InChI is InChI=1S/C19H22O2/c1-13-8-9-18(21-3)17(12-13)19(20)11-10-14(2)15-6-4-5-7-16(15)19/h4-9,12,14,20H,10-11H2,1-3H3. The normalized spacial score (nSPS) is 24.5. The van der Waals surface area contributed by atoms with E-state index in [1.807, 2.05) is 37.3 Å². The van der Waals surface area contributed by atoms with E-state index in [1.54, 1.807) is 7.11 Å². The van der Waals surface area contributed by atoms with Crippen molar-refractivity contribution in [1.82, 2.24) is 0 Å². The van der Waals surface area contributed by atoms with Crippen molar-refractivity contribution in [2.45, 2.75) is 38.2 Å². The largest absolute Gasteiger partial charge is 0.496 e.